The summed E-state index contributed by atoms with van der Waals surface area (Å²) in [5.41, 5.74) is 11.8. The third kappa shape index (κ3) is 4.32. The van der Waals surface area contributed by atoms with Gasteiger partial charge in [0.1, 0.15) is 5.52 Å². The summed E-state index contributed by atoms with van der Waals surface area (Å²) in [6, 6.07) is 58.3. The summed E-state index contributed by atoms with van der Waals surface area (Å²) in [6.45, 7) is 0. The molecule has 0 saturated heterocycles. The molecule has 0 bridgehead atoms. The van der Waals surface area contributed by atoms with E-state index in [0.717, 1.165) is 55.8 Å². The van der Waals surface area contributed by atoms with Gasteiger partial charge in [-0.05, 0) is 59.7 Å². The fourth-order valence-corrected chi connectivity index (χ4v) is 9.04. The van der Waals surface area contributed by atoms with Crippen LogP contribution in [0.4, 0.5) is 0 Å². The lowest BCUT2D eigenvalue weighted by Gasteiger charge is -2.08. The fraction of sp³-hybridized carbons (Fsp3) is 0. The number of H-pyrrole nitrogens is 1. The zero-order valence-corrected chi connectivity index (χ0v) is 28.2. The lowest BCUT2D eigenvalue weighted by Crippen LogP contribution is -1.94. The molecule has 0 aliphatic heterocycles. The van der Waals surface area contributed by atoms with Gasteiger partial charge in [-0.15, -0.1) is 11.3 Å². The largest absolute Gasteiger partial charge is 0.351 e. The molecule has 238 valence electrons. The minimum atomic E-state index is 0.718. The summed E-state index contributed by atoms with van der Waals surface area (Å²) >= 11 is 1.89. The van der Waals surface area contributed by atoms with Crippen molar-refractivity contribution in [2.75, 3.05) is 0 Å². The third-order valence-corrected chi connectivity index (χ3v) is 11.3. The molecule has 11 rings (SSSR count). The van der Waals surface area contributed by atoms with Crippen LogP contribution in [0.2, 0.25) is 0 Å². The first-order valence-electron chi connectivity index (χ1n) is 17.2. The number of para-hydroxylation sites is 1. The maximum atomic E-state index is 5.19. The fourth-order valence-electron chi connectivity index (χ4n) is 7.78. The number of hydrogen-bond acceptors (Lipinski definition) is 3. The summed E-state index contributed by atoms with van der Waals surface area (Å²) in [4.78, 5) is 14.0. The van der Waals surface area contributed by atoms with E-state index in [1.807, 2.05) is 35.6 Å². The van der Waals surface area contributed by atoms with E-state index in [1.54, 1.807) is 0 Å². The first-order chi connectivity index (χ1) is 25.3. The number of nitrogens with zero attached hydrogens (tertiary/aromatic N) is 3. The average Bonchev–Trinajstić information content (AvgIpc) is 3.87. The Morgan fingerprint density at radius 1 is 0.490 bits per heavy atom. The molecule has 4 nitrogen and oxygen atoms in total. The van der Waals surface area contributed by atoms with Gasteiger partial charge in [0.05, 0.1) is 22.2 Å². The smallest absolute Gasteiger partial charge is 0.160 e. The van der Waals surface area contributed by atoms with E-state index in [4.69, 9.17) is 9.97 Å². The molecule has 4 heterocycles. The van der Waals surface area contributed by atoms with E-state index >= 15 is 0 Å². The zero-order valence-electron chi connectivity index (χ0n) is 27.3. The second-order valence-corrected chi connectivity index (χ2v) is 14.1. The molecular weight excluding hydrogens is 641 g/mol. The predicted molar refractivity (Wildman–Crippen MR) is 215 cm³/mol. The predicted octanol–water partition coefficient (Wildman–Crippen LogP) is 12.6. The Morgan fingerprint density at radius 2 is 1.16 bits per heavy atom. The first-order valence-corrected chi connectivity index (χ1v) is 18.0. The van der Waals surface area contributed by atoms with Gasteiger partial charge in [0.25, 0.3) is 0 Å². The van der Waals surface area contributed by atoms with Gasteiger partial charge in [-0.25, -0.2) is 9.97 Å². The molecule has 11 aromatic rings. The van der Waals surface area contributed by atoms with Crippen LogP contribution < -0.4 is 0 Å². The summed E-state index contributed by atoms with van der Waals surface area (Å²) in [7, 11) is 0. The maximum Gasteiger partial charge on any atom is 0.160 e. The Kier molecular flexibility index (Phi) is 6.09. The molecule has 1 N–H and O–H groups in total. The van der Waals surface area contributed by atoms with Crippen molar-refractivity contribution in [3.63, 3.8) is 0 Å². The van der Waals surface area contributed by atoms with Gasteiger partial charge in [0, 0.05) is 58.7 Å². The van der Waals surface area contributed by atoms with E-state index in [0.29, 0.717) is 0 Å². The minimum Gasteiger partial charge on any atom is -0.351 e. The molecule has 0 atom stereocenters. The van der Waals surface area contributed by atoms with Crippen LogP contribution in [-0.2, 0) is 0 Å². The number of nitrogens with one attached hydrogen (secondary N) is 1. The Bertz CT molecular complexity index is 3120. The topological polar surface area (TPSA) is 46.5 Å². The van der Waals surface area contributed by atoms with Gasteiger partial charge in [0.15, 0.2) is 5.82 Å². The van der Waals surface area contributed by atoms with E-state index in [9.17, 15) is 0 Å². The second-order valence-electron chi connectivity index (χ2n) is 13.1. The summed E-state index contributed by atoms with van der Waals surface area (Å²) in [5.74, 6) is 0.718. The van der Waals surface area contributed by atoms with Crippen LogP contribution in [-0.4, -0.2) is 19.5 Å². The van der Waals surface area contributed by atoms with Crippen molar-refractivity contribution in [2.45, 2.75) is 0 Å². The molecule has 0 amide bonds. The molecule has 0 fully saturated rings. The van der Waals surface area contributed by atoms with Gasteiger partial charge in [-0.1, -0.05) is 115 Å². The Labute approximate surface area is 296 Å². The number of benzene rings is 7. The van der Waals surface area contributed by atoms with Crippen molar-refractivity contribution >= 4 is 75.3 Å². The molecular formula is C46H28N4S. The van der Waals surface area contributed by atoms with Crippen molar-refractivity contribution in [3.05, 3.63) is 164 Å². The van der Waals surface area contributed by atoms with Gasteiger partial charge in [0.2, 0.25) is 0 Å². The number of aromatic nitrogens is 4. The molecule has 7 aromatic carbocycles. The molecule has 4 aromatic heterocycles. The van der Waals surface area contributed by atoms with Gasteiger partial charge in [-0.3, -0.25) is 0 Å². The highest BCUT2D eigenvalue weighted by molar-refractivity contribution is 7.26. The quantitative estimate of drug-likeness (QED) is 0.203. The van der Waals surface area contributed by atoms with Crippen molar-refractivity contribution in [1.29, 1.82) is 0 Å². The molecule has 0 spiro atoms. The van der Waals surface area contributed by atoms with Crippen LogP contribution in [0.3, 0.4) is 0 Å². The molecule has 0 aliphatic carbocycles. The summed E-state index contributed by atoms with van der Waals surface area (Å²) in [5, 5.41) is 6.26. The lowest BCUT2D eigenvalue weighted by atomic mass is 10.0. The monoisotopic (exact) mass is 668 g/mol. The van der Waals surface area contributed by atoms with E-state index in [2.05, 4.69) is 149 Å². The summed E-state index contributed by atoms with van der Waals surface area (Å²) in [6.07, 6.45) is 0. The Hall–Kier alpha value is -6.56. The molecule has 0 radical (unpaired) electrons. The van der Waals surface area contributed by atoms with E-state index in [1.165, 1.54) is 47.5 Å². The van der Waals surface area contributed by atoms with Crippen molar-refractivity contribution in [1.82, 2.24) is 19.5 Å². The standard InChI is InChI=1S/C46H28N4S/c1-4-12-28(13-5-1)42-44-43(49-46(48-42)29-14-6-2-7-15-29)35-26-30(20-23-37(35)47-44)31-21-24-38-36(27-31)41-39(50(38)32-16-8-3-9-17-32)25-22-34-33-18-10-11-19-40(33)51-45(34)41/h1-27,47H. The zero-order chi connectivity index (χ0) is 33.5. The van der Waals surface area contributed by atoms with Crippen molar-refractivity contribution < 1.29 is 0 Å². The molecule has 5 heteroatoms. The van der Waals surface area contributed by atoms with Gasteiger partial charge < -0.3 is 9.55 Å². The van der Waals surface area contributed by atoms with Crippen LogP contribution in [0.25, 0.3) is 103 Å². The first kappa shape index (κ1) is 28.3. The van der Waals surface area contributed by atoms with Crippen LogP contribution in [0, 0.1) is 0 Å². The molecule has 0 aliphatic rings. The maximum absolute atomic E-state index is 5.19. The Morgan fingerprint density at radius 3 is 1.96 bits per heavy atom. The second kappa shape index (κ2) is 11.0. The third-order valence-electron chi connectivity index (χ3n) is 10.1. The molecule has 51 heavy (non-hydrogen) atoms. The number of aromatic amines is 1. The van der Waals surface area contributed by atoms with Crippen LogP contribution in [0.5, 0.6) is 0 Å². The summed E-state index contributed by atoms with van der Waals surface area (Å²) < 4.78 is 5.05. The number of fused-ring (bicyclic) bond motifs is 10. The van der Waals surface area contributed by atoms with Crippen molar-refractivity contribution in [2.24, 2.45) is 0 Å². The molecule has 0 unspecified atom stereocenters. The average molecular weight is 669 g/mol. The SMILES string of the molecule is c1ccc(-c2nc(-c3ccccc3)c3[nH]c4ccc(-c5ccc6c(c5)c5c7sc8ccccc8c7ccc5n6-c5ccccc5)cc4c3n2)cc1. The van der Waals surface area contributed by atoms with Crippen LogP contribution in [0.15, 0.2) is 164 Å². The minimum absolute atomic E-state index is 0.718. The Balaban J connectivity index is 1.17. The van der Waals surface area contributed by atoms with Crippen LogP contribution >= 0.6 is 11.3 Å². The van der Waals surface area contributed by atoms with E-state index < -0.39 is 0 Å². The van der Waals surface area contributed by atoms with Crippen molar-refractivity contribution in [3.8, 4) is 39.5 Å². The van der Waals surface area contributed by atoms with Gasteiger partial charge >= 0.3 is 0 Å². The highest BCUT2D eigenvalue weighted by Gasteiger charge is 2.20. The van der Waals surface area contributed by atoms with Gasteiger partial charge in [-0.2, -0.15) is 0 Å². The lowest BCUT2D eigenvalue weighted by molar-refractivity contribution is 1.18. The van der Waals surface area contributed by atoms with Crippen LogP contribution in [0.1, 0.15) is 0 Å². The van der Waals surface area contributed by atoms with E-state index in [-0.39, 0.29) is 0 Å². The normalized spacial score (nSPS) is 11.9. The highest BCUT2D eigenvalue weighted by atomic mass is 32.1. The number of hydrogen-bond donors (Lipinski definition) is 1. The number of thiophene rings is 1. The highest BCUT2D eigenvalue weighted by Crippen LogP contribution is 2.44. The number of rotatable bonds is 4. The molecule has 0 saturated carbocycles.